The predicted molar refractivity (Wildman–Crippen MR) is 121 cm³/mol. The van der Waals surface area contributed by atoms with E-state index in [4.69, 9.17) is 0 Å². The molecule has 0 radical (unpaired) electrons. The quantitative estimate of drug-likeness (QED) is 0.444. The van der Waals surface area contributed by atoms with Crippen LogP contribution in [0, 0.1) is 0 Å². The summed E-state index contributed by atoms with van der Waals surface area (Å²) < 4.78 is 41.1. The zero-order valence-corrected chi connectivity index (χ0v) is 18.9. The summed E-state index contributed by atoms with van der Waals surface area (Å²) in [5.74, 6) is -0.738. The number of thiophene rings is 1. The lowest BCUT2D eigenvalue weighted by Gasteiger charge is -2.27. The van der Waals surface area contributed by atoms with Crippen molar-refractivity contribution in [1.82, 2.24) is 19.5 Å². The summed E-state index contributed by atoms with van der Waals surface area (Å²) >= 11 is 1.32. The van der Waals surface area contributed by atoms with Gasteiger partial charge in [0.1, 0.15) is 0 Å². The molecule has 1 aliphatic rings. The van der Waals surface area contributed by atoms with E-state index in [1.807, 2.05) is 0 Å². The van der Waals surface area contributed by atoms with Crippen molar-refractivity contribution >= 4 is 34.4 Å². The highest BCUT2D eigenvalue weighted by Gasteiger charge is 2.32. The molecular weight excluding hydrogens is 483 g/mol. The van der Waals surface area contributed by atoms with Gasteiger partial charge in [0, 0.05) is 34.9 Å². The number of fused-ring (bicyclic) bond motifs is 2. The molecule has 0 aliphatic carbocycles. The summed E-state index contributed by atoms with van der Waals surface area (Å²) in [5.41, 5.74) is 1.19. The number of carbonyl (C=O) groups is 2. The third-order valence-electron chi connectivity index (χ3n) is 5.79. The molecule has 0 bridgehead atoms. The van der Waals surface area contributed by atoms with Crippen molar-refractivity contribution < 1.29 is 27.9 Å². The van der Waals surface area contributed by atoms with E-state index in [1.165, 1.54) is 23.6 Å². The van der Waals surface area contributed by atoms with Crippen molar-refractivity contribution in [1.29, 1.82) is 0 Å². The van der Waals surface area contributed by atoms with Crippen molar-refractivity contribution in [2.24, 2.45) is 0 Å². The smallest absolute Gasteiger partial charge is 0.392 e. The van der Waals surface area contributed by atoms with Crippen LogP contribution in [-0.2, 0) is 25.7 Å². The van der Waals surface area contributed by atoms with Crippen LogP contribution in [0.4, 0.5) is 18.9 Å². The molecule has 5 rings (SSSR count). The number of nitrogens with one attached hydrogen (secondary N) is 1. The first-order valence-corrected chi connectivity index (χ1v) is 11.4. The van der Waals surface area contributed by atoms with Gasteiger partial charge in [-0.3, -0.25) is 14.6 Å². The van der Waals surface area contributed by atoms with Crippen LogP contribution in [0.3, 0.4) is 0 Å². The lowest BCUT2D eigenvalue weighted by molar-refractivity contribution is -0.137. The minimum absolute atomic E-state index is 0.0412. The Morgan fingerprint density at radius 1 is 1.17 bits per heavy atom. The van der Waals surface area contributed by atoms with Gasteiger partial charge in [-0.15, -0.1) is 11.3 Å². The molecule has 0 spiro atoms. The first kappa shape index (κ1) is 23.0. The summed E-state index contributed by atoms with van der Waals surface area (Å²) in [7, 11) is 0. The Morgan fingerprint density at radius 2 is 2.00 bits per heavy atom. The molecule has 12 heteroatoms. The van der Waals surface area contributed by atoms with Crippen molar-refractivity contribution in [3.63, 3.8) is 0 Å². The number of hydrogen-bond donors (Lipinski definition) is 2. The molecule has 0 fully saturated rings. The molecule has 3 aromatic heterocycles. The minimum atomic E-state index is -4.61. The average molecular weight is 501 g/mol. The Labute approximate surface area is 200 Å². The first-order chi connectivity index (χ1) is 16.7. The fourth-order valence-electron chi connectivity index (χ4n) is 4.08. The molecule has 2 amide bonds. The Morgan fingerprint density at radius 3 is 2.77 bits per heavy atom. The zero-order chi connectivity index (χ0) is 24.7. The van der Waals surface area contributed by atoms with Gasteiger partial charge in [-0.1, -0.05) is 0 Å². The topological polar surface area (TPSA) is 99.8 Å². The predicted octanol–water partition coefficient (Wildman–Crippen LogP) is 3.75. The van der Waals surface area contributed by atoms with E-state index in [-0.39, 0.29) is 17.2 Å². The standard InChI is InChI=1S/C23H18F3N5O3S/c24-23(25,26)14-5-13(11-32)6-15(7-14)29-21(33)18-12-35-20-10-30(3-1-16(18)20)22(34)17-8-28-31-4-2-27-9-19(17)31/h2,4-9,12,32H,1,3,10-11H2,(H,29,33). The summed E-state index contributed by atoms with van der Waals surface area (Å²) in [5, 5.41) is 17.6. The number of aromatic nitrogens is 3. The number of nitrogens with zero attached hydrogens (tertiary/aromatic N) is 4. The third-order valence-corrected chi connectivity index (χ3v) is 6.81. The zero-order valence-electron chi connectivity index (χ0n) is 18.0. The second kappa shape index (κ2) is 8.78. The van der Waals surface area contributed by atoms with E-state index >= 15 is 0 Å². The number of benzene rings is 1. The van der Waals surface area contributed by atoms with Crippen molar-refractivity contribution in [2.75, 3.05) is 11.9 Å². The highest BCUT2D eigenvalue weighted by atomic mass is 32.1. The molecule has 4 heterocycles. The summed E-state index contributed by atoms with van der Waals surface area (Å²) in [6.45, 7) is 0.0911. The van der Waals surface area contributed by atoms with Crippen LogP contribution in [0.15, 0.2) is 48.4 Å². The fraction of sp³-hybridized carbons (Fsp3) is 0.217. The number of halogens is 3. The van der Waals surface area contributed by atoms with Gasteiger partial charge in [0.25, 0.3) is 11.8 Å². The average Bonchev–Trinajstić information content (AvgIpc) is 3.47. The van der Waals surface area contributed by atoms with E-state index in [0.29, 0.717) is 36.2 Å². The molecule has 0 atom stereocenters. The van der Waals surface area contributed by atoms with E-state index in [0.717, 1.165) is 22.6 Å². The number of anilines is 1. The molecule has 1 aliphatic heterocycles. The van der Waals surface area contributed by atoms with Crippen molar-refractivity contribution in [2.45, 2.75) is 25.7 Å². The van der Waals surface area contributed by atoms with E-state index in [2.05, 4.69) is 15.4 Å². The number of amides is 2. The minimum Gasteiger partial charge on any atom is -0.392 e. The Kier molecular flexibility index (Phi) is 5.77. The van der Waals surface area contributed by atoms with E-state index < -0.39 is 24.3 Å². The number of carbonyl (C=O) groups excluding carboxylic acids is 2. The summed E-state index contributed by atoms with van der Waals surface area (Å²) in [6, 6.07) is 2.98. The van der Waals surface area contributed by atoms with Crippen molar-refractivity contribution in [3.05, 3.63) is 81.1 Å². The first-order valence-electron chi connectivity index (χ1n) is 10.5. The van der Waals surface area contributed by atoms with Gasteiger partial charge in [0.15, 0.2) is 0 Å². The number of aliphatic hydroxyl groups excluding tert-OH is 1. The van der Waals surface area contributed by atoms with E-state index in [9.17, 15) is 27.9 Å². The molecule has 8 nitrogen and oxygen atoms in total. The maximum Gasteiger partial charge on any atom is 0.416 e. The van der Waals surface area contributed by atoms with Gasteiger partial charge in [0.2, 0.25) is 0 Å². The monoisotopic (exact) mass is 501 g/mol. The summed E-state index contributed by atoms with van der Waals surface area (Å²) in [4.78, 5) is 32.6. The maximum absolute atomic E-state index is 13.2. The van der Waals surface area contributed by atoms with Crippen molar-refractivity contribution in [3.8, 4) is 0 Å². The normalized spacial score (nSPS) is 13.7. The number of aliphatic hydroxyl groups is 1. The maximum atomic E-state index is 13.2. The van der Waals surface area contributed by atoms with Gasteiger partial charge in [-0.25, -0.2) is 4.52 Å². The largest absolute Gasteiger partial charge is 0.416 e. The second-order valence-electron chi connectivity index (χ2n) is 8.02. The number of hydrogen-bond acceptors (Lipinski definition) is 6. The Bertz CT molecular complexity index is 1450. The van der Waals surface area contributed by atoms with Gasteiger partial charge < -0.3 is 15.3 Å². The molecule has 0 unspecified atom stereocenters. The third kappa shape index (κ3) is 4.37. The lowest BCUT2D eigenvalue weighted by Crippen LogP contribution is -2.35. The molecule has 0 saturated heterocycles. The van der Waals surface area contributed by atoms with Gasteiger partial charge >= 0.3 is 6.18 Å². The molecule has 4 aromatic rings. The Hall–Kier alpha value is -3.77. The van der Waals surface area contributed by atoms with Gasteiger partial charge in [0.05, 0.1) is 47.8 Å². The highest BCUT2D eigenvalue weighted by molar-refractivity contribution is 7.10. The molecular formula is C23H18F3N5O3S. The van der Waals surface area contributed by atoms with Crippen LogP contribution in [0.2, 0.25) is 0 Å². The second-order valence-corrected chi connectivity index (χ2v) is 8.98. The molecule has 1 aromatic carbocycles. The van der Waals surface area contributed by atoms with Crippen LogP contribution in [-0.4, -0.2) is 43.0 Å². The lowest BCUT2D eigenvalue weighted by atomic mass is 10.0. The molecule has 0 saturated carbocycles. The molecule has 35 heavy (non-hydrogen) atoms. The highest BCUT2D eigenvalue weighted by Crippen LogP contribution is 2.33. The van der Waals surface area contributed by atoms with Crippen LogP contribution < -0.4 is 5.32 Å². The van der Waals surface area contributed by atoms with Crippen LogP contribution in [0.1, 0.15) is 42.3 Å². The SMILES string of the molecule is O=C(Nc1cc(CO)cc(C(F)(F)F)c1)c1csc2c1CCN(C(=O)c1cnn3ccncc13)C2. The summed E-state index contributed by atoms with van der Waals surface area (Å²) in [6.07, 6.45) is 2.10. The van der Waals surface area contributed by atoms with E-state index in [1.54, 1.807) is 33.4 Å². The van der Waals surface area contributed by atoms with Crippen LogP contribution >= 0.6 is 11.3 Å². The van der Waals surface area contributed by atoms with Crippen LogP contribution in [0.25, 0.3) is 5.52 Å². The Balaban J connectivity index is 1.35. The number of rotatable bonds is 4. The van der Waals surface area contributed by atoms with Crippen LogP contribution in [0.5, 0.6) is 0 Å². The molecule has 2 N–H and O–H groups in total. The fourth-order valence-corrected chi connectivity index (χ4v) is 5.17. The molecule has 180 valence electrons. The number of alkyl halides is 3. The van der Waals surface area contributed by atoms with Gasteiger partial charge in [-0.2, -0.15) is 18.3 Å². The van der Waals surface area contributed by atoms with Gasteiger partial charge in [-0.05, 0) is 35.7 Å².